The van der Waals surface area contributed by atoms with Gasteiger partial charge in [0.1, 0.15) is 6.61 Å². The quantitative estimate of drug-likeness (QED) is 0.796. The zero-order valence-electron chi connectivity index (χ0n) is 12.2. The van der Waals surface area contributed by atoms with E-state index >= 15 is 0 Å². The first kappa shape index (κ1) is 14.6. The maximum atomic E-state index is 13.4. The lowest BCUT2D eigenvalue weighted by Crippen LogP contribution is -2.36. The van der Waals surface area contributed by atoms with Crippen molar-refractivity contribution < 1.29 is 13.9 Å². The molecule has 0 bridgehead atoms. The second kappa shape index (κ2) is 6.17. The molecule has 1 heterocycles. The summed E-state index contributed by atoms with van der Waals surface area (Å²) < 4.78 is 20.6. The Labute approximate surface area is 128 Å². The number of nitrogens with one attached hydrogen (secondary N) is 1. The molecule has 1 aromatic carbocycles. The van der Waals surface area contributed by atoms with Crippen LogP contribution in [0.25, 0.3) is 0 Å². The van der Waals surface area contributed by atoms with Crippen molar-refractivity contribution in [2.24, 2.45) is 5.41 Å². The number of ether oxygens (including phenoxy) is 1. The molecule has 0 spiro atoms. The molecule has 1 fully saturated rings. The number of para-hydroxylation sites is 1. The smallest absolute Gasteiger partial charge is 0.228 e. The van der Waals surface area contributed by atoms with Crippen LogP contribution in [-0.4, -0.2) is 28.6 Å². The first-order chi connectivity index (χ1) is 10.7. The Morgan fingerprint density at radius 1 is 1.41 bits per heavy atom. The number of imidazole rings is 1. The van der Waals surface area contributed by atoms with Crippen molar-refractivity contribution in [2.45, 2.75) is 19.4 Å². The van der Waals surface area contributed by atoms with Gasteiger partial charge in [-0.15, -0.1) is 0 Å². The molecule has 1 N–H and O–H groups in total. The van der Waals surface area contributed by atoms with Crippen LogP contribution in [0.5, 0.6) is 5.75 Å². The largest absolute Gasteiger partial charge is 0.489 e. The van der Waals surface area contributed by atoms with Gasteiger partial charge in [-0.2, -0.15) is 0 Å². The maximum Gasteiger partial charge on any atom is 0.228 e. The van der Waals surface area contributed by atoms with Crippen molar-refractivity contribution in [3.63, 3.8) is 0 Å². The second-order valence-corrected chi connectivity index (χ2v) is 5.55. The lowest BCUT2D eigenvalue weighted by atomic mass is 10.1. The molecule has 2 aromatic rings. The molecular weight excluding hydrogens is 285 g/mol. The van der Waals surface area contributed by atoms with Gasteiger partial charge in [0.2, 0.25) is 5.91 Å². The molecule has 0 unspecified atom stereocenters. The van der Waals surface area contributed by atoms with Crippen molar-refractivity contribution in [3.05, 3.63) is 48.8 Å². The first-order valence-electron chi connectivity index (χ1n) is 7.31. The first-order valence-corrected chi connectivity index (χ1v) is 7.31. The van der Waals surface area contributed by atoms with Crippen LogP contribution in [0.15, 0.2) is 43.0 Å². The number of aromatic nitrogens is 2. The molecule has 0 aliphatic heterocycles. The molecule has 1 saturated carbocycles. The summed E-state index contributed by atoms with van der Waals surface area (Å²) >= 11 is 0. The number of hydrogen-bond donors (Lipinski definition) is 1. The van der Waals surface area contributed by atoms with Gasteiger partial charge in [0.15, 0.2) is 11.6 Å². The molecule has 116 valence electrons. The lowest BCUT2D eigenvalue weighted by Gasteiger charge is -2.16. The summed E-state index contributed by atoms with van der Waals surface area (Å²) in [6, 6.07) is 6.23. The monoisotopic (exact) mass is 303 g/mol. The van der Waals surface area contributed by atoms with Crippen molar-refractivity contribution in [2.75, 3.05) is 13.2 Å². The summed E-state index contributed by atoms with van der Waals surface area (Å²) in [6.45, 7) is 1.25. The van der Waals surface area contributed by atoms with Gasteiger partial charge in [-0.1, -0.05) is 12.1 Å². The van der Waals surface area contributed by atoms with Gasteiger partial charge >= 0.3 is 0 Å². The zero-order chi connectivity index (χ0) is 15.4. The predicted octanol–water partition coefficient (Wildman–Crippen LogP) is 2.00. The molecule has 0 atom stereocenters. The van der Waals surface area contributed by atoms with Crippen LogP contribution in [0, 0.1) is 11.2 Å². The standard InChI is InChI=1S/C16H18FN3O2/c17-13-3-1-2-4-14(13)22-10-8-19-15(21)16(5-6-16)11-20-9-7-18-12-20/h1-4,7,9,12H,5-6,8,10-11H2,(H,19,21). The van der Waals surface area contributed by atoms with E-state index in [-0.39, 0.29) is 23.7 Å². The Hall–Kier alpha value is -2.37. The Balaban J connectivity index is 1.44. The Kier molecular flexibility index (Phi) is 4.09. The van der Waals surface area contributed by atoms with E-state index in [9.17, 15) is 9.18 Å². The highest BCUT2D eigenvalue weighted by molar-refractivity contribution is 5.85. The van der Waals surface area contributed by atoms with Gasteiger partial charge < -0.3 is 14.6 Å². The molecule has 6 heteroatoms. The van der Waals surface area contributed by atoms with Crippen LogP contribution in [0.3, 0.4) is 0 Å². The van der Waals surface area contributed by atoms with E-state index in [0.717, 1.165) is 12.8 Å². The highest BCUT2D eigenvalue weighted by atomic mass is 19.1. The third kappa shape index (κ3) is 3.27. The molecule has 1 aromatic heterocycles. The number of amides is 1. The van der Waals surface area contributed by atoms with Gasteiger partial charge in [0.25, 0.3) is 0 Å². The SMILES string of the molecule is O=C(NCCOc1ccccc1F)C1(Cn2ccnc2)CC1. The number of hydrogen-bond acceptors (Lipinski definition) is 3. The minimum Gasteiger partial charge on any atom is -0.489 e. The molecular formula is C16H18FN3O2. The second-order valence-electron chi connectivity index (χ2n) is 5.55. The van der Waals surface area contributed by atoms with E-state index in [4.69, 9.17) is 4.74 Å². The molecule has 0 saturated heterocycles. The molecule has 5 nitrogen and oxygen atoms in total. The van der Waals surface area contributed by atoms with Gasteiger partial charge in [0.05, 0.1) is 18.3 Å². The number of carbonyl (C=O) groups is 1. The van der Waals surface area contributed by atoms with E-state index < -0.39 is 5.82 Å². The van der Waals surface area contributed by atoms with Gasteiger partial charge in [-0.25, -0.2) is 9.37 Å². The molecule has 1 aliphatic carbocycles. The van der Waals surface area contributed by atoms with E-state index in [1.165, 1.54) is 6.07 Å². The molecule has 1 amide bonds. The average Bonchev–Trinajstić information content (AvgIpc) is 3.12. The Morgan fingerprint density at radius 3 is 2.91 bits per heavy atom. The van der Waals surface area contributed by atoms with Gasteiger partial charge in [-0.3, -0.25) is 4.79 Å². The third-order valence-electron chi connectivity index (χ3n) is 3.86. The van der Waals surface area contributed by atoms with Crippen LogP contribution in [0.2, 0.25) is 0 Å². The minimum atomic E-state index is -0.396. The van der Waals surface area contributed by atoms with Crippen LogP contribution >= 0.6 is 0 Å². The highest BCUT2D eigenvalue weighted by Crippen LogP contribution is 2.47. The summed E-state index contributed by atoms with van der Waals surface area (Å²) in [6.07, 6.45) is 7.04. The number of nitrogens with zero attached hydrogens (tertiary/aromatic N) is 2. The number of rotatable bonds is 7. The summed E-state index contributed by atoms with van der Waals surface area (Å²) in [4.78, 5) is 16.2. The topological polar surface area (TPSA) is 56.1 Å². The van der Waals surface area contributed by atoms with E-state index in [1.807, 2.05) is 10.8 Å². The number of benzene rings is 1. The van der Waals surface area contributed by atoms with Gasteiger partial charge in [-0.05, 0) is 25.0 Å². The van der Waals surface area contributed by atoms with Crippen LogP contribution in [0.4, 0.5) is 4.39 Å². The fraction of sp³-hybridized carbons (Fsp3) is 0.375. The third-order valence-corrected chi connectivity index (χ3v) is 3.86. The van der Waals surface area contributed by atoms with E-state index in [2.05, 4.69) is 10.3 Å². The fourth-order valence-corrected chi connectivity index (χ4v) is 2.41. The molecule has 22 heavy (non-hydrogen) atoms. The summed E-state index contributed by atoms with van der Waals surface area (Å²) in [7, 11) is 0. The summed E-state index contributed by atoms with van der Waals surface area (Å²) in [5.41, 5.74) is -0.321. The molecule has 0 radical (unpaired) electrons. The maximum absolute atomic E-state index is 13.4. The molecule has 3 rings (SSSR count). The van der Waals surface area contributed by atoms with Crippen molar-refractivity contribution >= 4 is 5.91 Å². The van der Waals surface area contributed by atoms with Crippen LogP contribution < -0.4 is 10.1 Å². The number of carbonyl (C=O) groups excluding carboxylic acids is 1. The minimum absolute atomic E-state index is 0.0262. The van der Waals surface area contributed by atoms with Crippen LogP contribution in [-0.2, 0) is 11.3 Å². The average molecular weight is 303 g/mol. The van der Waals surface area contributed by atoms with E-state index in [1.54, 1.807) is 30.7 Å². The Morgan fingerprint density at radius 2 is 2.23 bits per heavy atom. The predicted molar refractivity (Wildman–Crippen MR) is 78.8 cm³/mol. The van der Waals surface area contributed by atoms with Gasteiger partial charge in [0, 0.05) is 18.9 Å². The molecule has 1 aliphatic rings. The summed E-state index contributed by atoms with van der Waals surface area (Å²) in [5.74, 6) is -0.165. The lowest BCUT2D eigenvalue weighted by molar-refractivity contribution is -0.126. The summed E-state index contributed by atoms with van der Waals surface area (Å²) in [5, 5.41) is 2.87. The zero-order valence-corrected chi connectivity index (χ0v) is 12.2. The van der Waals surface area contributed by atoms with Crippen molar-refractivity contribution in [1.82, 2.24) is 14.9 Å². The normalized spacial score (nSPS) is 15.3. The van der Waals surface area contributed by atoms with E-state index in [0.29, 0.717) is 13.1 Å². The Bertz CT molecular complexity index is 639. The van der Waals surface area contributed by atoms with Crippen molar-refractivity contribution in [3.8, 4) is 5.75 Å². The van der Waals surface area contributed by atoms with Crippen LogP contribution in [0.1, 0.15) is 12.8 Å². The highest BCUT2D eigenvalue weighted by Gasteiger charge is 2.49. The fourth-order valence-electron chi connectivity index (χ4n) is 2.41. The van der Waals surface area contributed by atoms with Crippen molar-refractivity contribution in [1.29, 1.82) is 0 Å². The number of halogens is 1.